The van der Waals surface area contributed by atoms with Crippen LogP contribution in [-0.4, -0.2) is 45.9 Å². The lowest BCUT2D eigenvalue weighted by Crippen LogP contribution is -2.45. The zero-order valence-electron chi connectivity index (χ0n) is 17.8. The number of piperidine rings is 1. The van der Waals surface area contributed by atoms with Gasteiger partial charge in [-0.15, -0.1) is 0 Å². The van der Waals surface area contributed by atoms with Gasteiger partial charge in [0.2, 0.25) is 15.9 Å². The summed E-state index contributed by atoms with van der Waals surface area (Å²) in [4.78, 5) is 12.9. The summed E-state index contributed by atoms with van der Waals surface area (Å²) in [6.07, 6.45) is 1.24. The molecule has 168 valence electrons. The number of rotatable bonds is 7. The molecule has 1 saturated heterocycles. The molecule has 1 aliphatic heterocycles. The molecular formula is C22H27ClN2O5S. The maximum atomic E-state index is 13.1. The van der Waals surface area contributed by atoms with Gasteiger partial charge in [0.25, 0.3) is 0 Å². The molecule has 2 aromatic rings. The van der Waals surface area contributed by atoms with Gasteiger partial charge in [0, 0.05) is 13.1 Å². The summed E-state index contributed by atoms with van der Waals surface area (Å²) >= 11 is 6.11. The van der Waals surface area contributed by atoms with Crippen molar-refractivity contribution in [2.24, 2.45) is 5.92 Å². The first-order valence-corrected chi connectivity index (χ1v) is 11.9. The Morgan fingerprint density at radius 2 is 1.87 bits per heavy atom. The van der Waals surface area contributed by atoms with E-state index in [1.165, 1.54) is 29.6 Å². The number of methoxy groups -OCH3 is 2. The SMILES string of the molecule is COc1ccc(C(C)NC(=O)C2CCCN(S(=O)(=O)c3ccc(OC)c(Cl)c3)C2)cc1. The molecule has 2 aromatic carbocycles. The van der Waals surface area contributed by atoms with Crippen molar-refractivity contribution in [3.8, 4) is 11.5 Å². The number of sulfonamides is 1. The van der Waals surface area contributed by atoms with E-state index in [-0.39, 0.29) is 28.4 Å². The fourth-order valence-corrected chi connectivity index (χ4v) is 5.51. The Morgan fingerprint density at radius 1 is 1.16 bits per heavy atom. The molecule has 0 aromatic heterocycles. The molecule has 0 aliphatic carbocycles. The van der Waals surface area contributed by atoms with Crippen molar-refractivity contribution < 1.29 is 22.7 Å². The third kappa shape index (κ3) is 5.31. The van der Waals surface area contributed by atoms with Crippen molar-refractivity contribution in [2.75, 3.05) is 27.3 Å². The molecule has 2 atom stereocenters. The van der Waals surface area contributed by atoms with Crippen molar-refractivity contribution in [1.29, 1.82) is 0 Å². The number of benzene rings is 2. The zero-order valence-corrected chi connectivity index (χ0v) is 19.4. The molecule has 9 heteroatoms. The molecule has 1 fully saturated rings. The highest BCUT2D eigenvalue weighted by molar-refractivity contribution is 7.89. The summed E-state index contributed by atoms with van der Waals surface area (Å²) in [5.41, 5.74) is 0.947. The van der Waals surface area contributed by atoms with Crippen LogP contribution in [0.2, 0.25) is 5.02 Å². The van der Waals surface area contributed by atoms with Crippen LogP contribution in [0.4, 0.5) is 0 Å². The van der Waals surface area contributed by atoms with Gasteiger partial charge in [-0.2, -0.15) is 4.31 Å². The van der Waals surface area contributed by atoms with Crippen molar-refractivity contribution in [3.63, 3.8) is 0 Å². The Morgan fingerprint density at radius 3 is 2.48 bits per heavy atom. The Hall–Kier alpha value is -2.29. The highest BCUT2D eigenvalue weighted by Crippen LogP contribution is 2.30. The van der Waals surface area contributed by atoms with Crippen LogP contribution >= 0.6 is 11.6 Å². The number of amides is 1. The smallest absolute Gasteiger partial charge is 0.243 e. The van der Waals surface area contributed by atoms with E-state index in [1.807, 2.05) is 31.2 Å². The first-order chi connectivity index (χ1) is 14.8. The minimum Gasteiger partial charge on any atom is -0.497 e. The van der Waals surface area contributed by atoms with Gasteiger partial charge in [0.15, 0.2) is 0 Å². The fraction of sp³-hybridized carbons (Fsp3) is 0.409. The first-order valence-electron chi connectivity index (χ1n) is 10.0. The number of nitrogens with zero attached hydrogens (tertiary/aromatic N) is 1. The van der Waals surface area contributed by atoms with Crippen LogP contribution < -0.4 is 14.8 Å². The monoisotopic (exact) mass is 466 g/mol. The lowest BCUT2D eigenvalue weighted by Gasteiger charge is -2.32. The number of halogens is 1. The second-order valence-electron chi connectivity index (χ2n) is 7.50. The predicted molar refractivity (Wildman–Crippen MR) is 119 cm³/mol. The normalized spacial score (nSPS) is 18.3. The van der Waals surface area contributed by atoms with Crippen LogP contribution in [-0.2, 0) is 14.8 Å². The largest absolute Gasteiger partial charge is 0.497 e. The molecule has 2 unspecified atom stereocenters. The molecule has 1 amide bonds. The Balaban J connectivity index is 1.68. The molecule has 0 radical (unpaired) electrons. The lowest BCUT2D eigenvalue weighted by atomic mass is 9.98. The van der Waals surface area contributed by atoms with E-state index in [2.05, 4.69) is 5.32 Å². The zero-order chi connectivity index (χ0) is 22.6. The van der Waals surface area contributed by atoms with Crippen LogP contribution in [0.5, 0.6) is 11.5 Å². The molecule has 1 N–H and O–H groups in total. The number of hydrogen-bond donors (Lipinski definition) is 1. The lowest BCUT2D eigenvalue weighted by molar-refractivity contribution is -0.126. The molecule has 0 spiro atoms. The molecule has 31 heavy (non-hydrogen) atoms. The summed E-state index contributed by atoms with van der Waals surface area (Å²) in [5, 5.41) is 3.23. The topological polar surface area (TPSA) is 84.9 Å². The van der Waals surface area contributed by atoms with E-state index in [4.69, 9.17) is 21.1 Å². The number of ether oxygens (including phenoxy) is 2. The van der Waals surface area contributed by atoms with Gasteiger partial charge in [-0.25, -0.2) is 8.42 Å². The second-order valence-corrected chi connectivity index (χ2v) is 9.85. The number of hydrogen-bond acceptors (Lipinski definition) is 5. The third-order valence-corrected chi connectivity index (χ3v) is 7.65. The minimum atomic E-state index is -3.76. The second kappa shape index (κ2) is 9.89. The van der Waals surface area contributed by atoms with Gasteiger partial charge in [-0.1, -0.05) is 23.7 Å². The number of carbonyl (C=O) groups is 1. The van der Waals surface area contributed by atoms with E-state index < -0.39 is 15.9 Å². The maximum absolute atomic E-state index is 13.1. The van der Waals surface area contributed by atoms with Gasteiger partial charge in [-0.3, -0.25) is 4.79 Å². The molecule has 1 heterocycles. The fourth-order valence-electron chi connectivity index (χ4n) is 3.64. The van der Waals surface area contributed by atoms with Crippen molar-refractivity contribution in [1.82, 2.24) is 9.62 Å². The Bertz CT molecular complexity index is 1030. The highest BCUT2D eigenvalue weighted by atomic mass is 35.5. The van der Waals surface area contributed by atoms with Crippen molar-refractivity contribution in [2.45, 2.75) is 30.7 Å². The van der Waals surface area contributed by atoms with Gasteiger partial charge < -0.3 is 14.8 Å². The molecule has 7 nitrogen and oxygen atoms in total. The highest BCUT2D eigenvalue weighted by Gasteiger charge is 2.34. The number of carbonyl (C=O) groups excluding carboxylic acids is 1. The van der Waals surface area contributed by atoms with Crippen LogP contribution in [0.25, 0.3) is 0 Å². The summed E-state index contributed by atoms with van der Waals surface area (Å²) in [5.74, 6) is 0.576. The molecule has 1 aliphatic rings. The average molecular weight is 467 g/mol. The number of nitrogens with one attached hydrogen (secondary N) is 1. The van der Waals surface area contributed by atoms with Gasteiger partial charge in [-0.05, 0) is 55.7 Å². The third-order valence-electron chi connectivity index (χ3n) is 5.49. The van der Waals surface area contributed by atoms with Crippen LogP contribution in [0, 0.1) is 5.92 Å². The van der Waals surface area contributed by atoms with Crippen molar-refractivity contribution >= 4 is 27.5 Å². The molecular weight excluding hydrogens is 440 g/mol. The van der Waals surface area contributed by atoms with Crippen LogP contribution in [0.1, 0.15) is 31.4 Å². The summed E-state index contributed by atoms with van der Waals surface area (Å²) in [7, 11) is -0.696. The van der Waals surface area contributed by atoms with E-state index in [9.17, 15) is 13.2 Å². The van der Waals surface area contributed by atoms with Gasteiger partial charge >= 0.3 is 0 Å². The quantitative estimate of drug-likeness (QED) is 0.673. The average Bonchev–Trinajstić information content (AvgIpc) is 2.79. The van der Waals surface area contributed by atoms with Crippen LogP contribution in [0.3, 0.4) is 0 Å². The first kappa shape index (κ1) is 23.4. The van der Waals surface area contributed by atoms with Crippen LogP contribution in [0.15, 0.2) is 47.4 Å². The van der Waals surface area contributed by atoms with Gasteiger partial charge in [0.05, 0.1) is 36.1 Å². The Labute approximate surface area is 188 Å². The molecule has 0 bridgehead atoms. The Kier molecular flexibility index (Phi) is 7.46. The van der Waals surface area contributed by atoms with Crippen molar-refractivity contribution in [3.05, 3.63) is 53.1 Å². The van der Waals surface area contributed by atoms with E-state index in [0.29, 0.717) is 25.1 Å². The van der Waals surface area contributed by atoms with E-state index >= 15 is 0 Å². The van der Waals surface area contributed by atoms with E-state index in [0.717, 1.165) is 11.3 Å². The molecule has 0 saturated carbocycles. The molecule has 3 rings (SSSR count). The maximum Gasteiger partial charge on any atom is 0.243 e. The standard InChI is InChI=1S/C22H27ClN2O5S/c1-15(16-6-8-18(29-2)9-7-16)24-22(26)17-5-4-12-25(14-17)31(27,28)19-10-11-21(30-3)20(23)13-19/h6-11,13,15,17H,4-5,12,14H2,1-3H3,(H,24,26). The summed E-state index contributed by atoms with van der Waals surface area (Å²) < 4.78 is 37.8. The minimum absolute atomic E-state index is 0.0889. The van der Waals surface area contributed by atoms with E-state index in [1.54, 1.807) is 7.11 Å². The van der Waals surface area contributed by atoms with Gasteiger partial charge in [0.1, 0.15) is 11.5 Å². The summed E-state index contributed by atoms with van der Waals surface area (Å²) in [6, 6.07) is 11.6. The summed E-state index contributed by atoms with van der Waals surface area (Å²) in [6.45, 7) is 2.40. The predicted octanol–water partition coefficient (Wildman–Crippen LogP) is 3.64.